The first kappa shape index (κ1) is 13.4. The monoisotopic (exact) mass is 245 g/mol. The van der Waals surface area contributed by atoms with Gasteiger partial charge in [-0.2, -0.15) is 0 Å². The predicted octanol–water partition coefficient (Wildman–Crippen LogP) is 1.41. The Balaban J connectivity index is 2.86. The Hall–Kier alpha value is -0.620. The summed E-state index contributed by atoms with van der Waals surface area (Å²) in [6.07, 6.45) is 1.14. The minimum atomic E-state index is -1.01. The summed E-state index contributed by atoms with van der Waals surface area (Å²) < 4.78 is 28.8. The van der Waals surface area contributed by atoms with Crippen LogP contribution in [-0.2, 0) is 15.9 Å². The molecular formula is C11H16FNO2S. The zero-order valence-electron chi connectivity index (χ0n) is 9.35. The zero-order chi connectivity index (χ0) is 12.1. The summed E-state index contributed by atoms with van der Waals surface area (Å²) >= 11 is -1.01. The number of nitrogens with two attached hydrogens (primary N) is 1. The molecule has 1 aromatic carbocycles. The molecule has 90 valence electrons. The molecule has 0 spiro atoms. The molecule has 0 amide bonds. The summed E-state index contributed by atoms with van der Waals surface area (Å²) in [4.78, 5) is 0.729. The third-order valence-electron chi connectivity index (χ3n) is 2.36. The highest BCUT2D eigenvalue weighted by Crippen LogP contribution is 2.21. The second-order valence-corrected chi connectivity index (χ2v) is 4.88. The maximum atomic E-state index is 12.5. The molecule has 5 heteroatoms. The highest BCUT2D eigenvalue weighted by molar-refractivity contribution is 7.90. The third kappa shape index (κ3) is 3.18. The maximum Gasteiger partial charge on any atom is 0.152 e. The van der Waals surface area contributed by atoms with Crippen molar-refractivity contribution in [2.24, 2.45) is 5.73 Å². The van der Waals surface area contributed by atoms with Crippen molar-refractivity contribution >= 4 is 11.2 Å². The molecule has 2 N–H and O–H groups in total. The van der Waals surface area contributed by atoms with E-state index in [2.05, 4.69) is 0 Å². The van der Waals surface area contributed by atoms with Gasteiger partial charge < -0.3 is 15.0 Å². The molecule has 1 unspecified atom stereocenters. The standard InChI is InChI=1S/C11H16FNO2S/c1-15-11(10(13)7-12)8-3-5-9(6-4-8)16(2)14/h3-6,10-11H,7,13H2,1-2H3/t10-,11-,16?/m1/s1. The van der Waals surface area contributed by atoms with Crippen molar-refractivity contribution in [2.75, 3.05) is 20.0 Å². The van der Waals surface area contributed by atoms with Crippen molar-refractivity contribution in [3.8, 4) is 0 Å². The van der Waals surface area contributed by atoms with Crippen LogP contribution in [0.15, 0.2) is 29.2 Å². The molecule has 16 heavy (non-hydrogen) atoms. The van der Waals surface area contributed by atoms with Crippen LogP contribution in [-0.4, -0.2) is 30.6 Å². The summed E-state index contributed by atoms with van der Waals surface area (Å²) in [7, 11) is 1.49. The van der Waals surface area contributed by atoms with E-state index < -0.39 is 30.0 Å². The first-order valence-corrected chi connectivity index (χ1v) is 6.43. The minimum Gasteiger partial charge on any atom is -0.612 e. The number of hydrogen-bond donors (Lipinski definition) is 1. The van der Waals surface area contributed by atoms with E-state index >= 15 is 0 Å². The lowest BCUT2D eigenvalue weighted by molar-refractivity contribution is 0.0720. The van der Waals surface area contributed by atoms with Gasteiger partial charge in [0, 0.05) is 7.11 Å². The van der Waals surface area contributed by atoms with Crippen LogP contribution >= 0.6 is 0 Å². The second kappa shape index (κ2) is 6.20. The average molecular weight is 245 g/mol. The fourth-order valence-corrected chi connectivity index (χ4v) is 2.01. The van der Waals surface area contributed by atoms with Gasteiger partial charge in [-0.15, -0.1) is 0 Å². The quantitative estimate of drug-likeness (QED) is 0.798. The van der Waals surface area contributed by atoms with E-state index in [1.807, 2.05) is 0 Å². The van der Waals surface area contributed by atoms with Crippen LogP contribution in [0.4, 0.5) is 4.39 Å². The molecule has 0 saturated carbocycles. The molecule has 1 rings (SSSR count). The lowest BCUT2D eigenvalue weighted by Crippen LogP contribution is -2.31. The topological polar surface area (TPSA) is 58.3 Å². The number of alkyl halides is 1. The van der Waals surface area contributed by atoms with Gasteiger partial charge in [0.05, 0.1) is 12.1 Å². The van der Waals surface area contributed by atoms with Crippen LogP contribution in [0.1, 0.15) is 11.7 Å². The maximum absolute atomic E-state index is 12.5. The Kier molecular flexibility index (Phi) is 5.21. The van der Waals surface area contributed by atoms with Crippen molar-refractivity contribution in [1.29, 1.82) is 0 Å². The number of rotatable bonds is 5. The fourth-order valence-electron chi connectivity index (χ4n) is 1.49. The number of ether oxygens (including phenoxy) is 1. The van der Waals surface area contributed by atoms with E-state index in [9.17, 15) is 8.94 Å². The SMILES string of the molecule is CO[C@H](c1ccc([S+](C)[O-])cc1)[C@H](N)CF. The van der Waals surface area contributed by atoms with Gasteiger partial charge in [-0.3, -0.25) is 0 Å². The van der Waals surface area contributed by atoms with Gasteiger partial charge in [-0.25, -0.2) is 4.39 Å². The van der Waals surface area contributed by atoms with Crippen molar-refractivity contribution in [3.05, 3.63) is 29.8 Å². The number of halogens is 1. The highest BCUT2D eigenvalue weighted by Gasteiger charge is 2.19. The lowest BCUT2D eigenvalue weighted by Gasteiger charge is -2.20. The number of methoxy groups -OCH3 is 1. The van der Waals surface area contributed by atoms with Crippen molar-refractivity contribution in [1.82, 2.24) is 0 Å². The minimum absolute atomic E-state index is 0.468. The van der Waals surface area contributed by atoms with Gasteiger partial charge in [0.2, 0.25) is 0 Å². The molecule has 0 aliphatic carbocycles. The van der Waals surface area contributed by atoms with E-state index in [0.717, 1.165) is 10.5 Å². The molecule has 0 aliphatic heterocycles. The molecule has 3 atom stereocenters. The largest absolute Gasteiger partial charge is 0.612 e. The van der Waals surface area contributed by atoms with E-state index in [-0.39, 0.29) is 0 Å². The van der Waals surface area contributed by atoms with Crippen LogP contribution < -0.4 is 5.73 Å². The fraction of sp³-hybridized carbons (Fsp3) is 0.455. The lowest BCUT2D eigenvalue weighted by atomic mass is 10.0. The van der Waals surface area contributed by atoms with Crippen molar-refractivity contribution in [2.45, 2.75) is 17.0 Å². The van der Waals surface area contributed by atoms with E-state index in [0.29, 0.717) is 0 Å². The normalized spacial score (nSPS) is 16.8. The molecular weight excluding hydrogens is 229 g/mol. The van der Waals surface area contributed by atoms with E-state index in [1.54, 1.807) is 30.5 Å². The van der Waals surface area contributed by atoms with E-state index in [1.165, 1.54) is 7.11 Å². The Bertz CT molecular complexity index is 318. The zero-order valence-corrected chi connectivity index (χ0v) is 10.2. The Morgan fingerprint density at radius 3 is 2.38 bits per heavy atom. The van der Waals surface area contributed by atoms with E-state index in [4.69, 9.17) is 10.5 Å². The molecule has 0 radical (unpaired) electrons. The first-order valence-electron chi connectivity index (χ1n) is 4.88. The van der Waals surface area contributed by atoms with Crippen LogP contribution in [0.2, 0.25) is 0 Å². The number of benzene rings is 1. The smallest absolute Gasteiger partial charge is 0.152 e. The first-order chi connectivity index (χ1) is 7.60. The Labute approximate surface area is 98.0 Å². The molecule has 1 aromatic rings. The molecule has 0 heterocycles. The van der Waals surface area contributed by atoms with Gasteiger partial charge in [-0.1, -0.05) is 12.1 Å². The van der Waals surface area contributed by atoms with Gasteiger partial charge in [0.15, 0.2) is 4.90 Å². The van der Waals surface area contributed by atoms with Crippen LogP contribution in [0, 0.1) is 0 Å². The summed E-state index contributed by atoms with van der Waals surface area (Å²) in [5, 5.41) is 0. The molecule has 0 saturated heterocycles. The van der Waals surface area contributed by atoms with Gasteiger partial charge >= 0.3 is 0 Å². The summed E-state index contributed by atoms with van der Waals surface area (Å²) in [6.45, 7) is -0.639. The summed E-state index contributed by atoms with van der Waals surface area (Å²) in [5.74, 6) is 0. The van der Waals surface area contributed by atoms with Crippen LogP contribution in [0.3, 0.4) is 0 Å². The average Bonchev–Trinajstić information content (AvgIpc) is 2.30. The van der Waals surface area contributed by atoms with Gasteiger partial charge in [0.1, 0.15) is 12.9 Å². The molecule has 3 nitrogen and oxygen atoms in total. The predicted molar refractivity (Wildman–Crippen MR) is 62.5 cm³/mol. The molecule has 0 aromatic heterocycles. The summed E-state index contributed by atoms with van der Waals surface area (Å²) in [6, 6.07) is 6.33. The van der Waals surface area contributed by atoms with Gasteiger partial charge in [0.25, 0.3) is 0 Å². The molecule has 0 bridgehead atoms. The van der Waals surface area contributed by atoms with Crippen molar-refractivity contribution in [3.63, 3.8) is 0 Å². The third-order valence-corrected chi connectivity index (χ3v) is 3.30. The van der Waals surface area contributed by atoms with Crippen LogP contribution in [0.5, 0.6) is 0 Å². The summed E-state index contributed by atoms with van der Waals surface area (Å²) in [5.41, 5.74) is 6.39. The van der Waals surface area contributed by atoms with Gasteiger partial charge in [-0.05, 0) is 28.9 Å². The molecule has 0 fully saturated rings. The number of hydrogen-bond acceptors (Lipinski definition) is 3. The Morgan fingerprint density at radius 2 is 2.00 bits per heavy atom. The molecule has 0 aliphatic rings. The van der Waals surface area contributed by atoms with Crippen LogP contribution in [0.25, 0.3) is 0 Å². The van der Waals surface area contributed by atoms with Crippen molar-refractivity contribution < 1.29 is 13.7 Å². The Morgan fingerprint density at radius 1 is 1.44 bits per heavy atom. The highest BCUT2D eigenvalue weighted by atomic mass is 32.2. The second-order valence-electron chi connectivity index (χ2n) is 3.50.